The summed E-state index contributed by atoms with van der Waals surface area (Å²) < 4.78 is 34.6. The van der Waals surface area contributed by atoms with Gasteiger partial charge in [0.15, 0.2) is 0 Å². The molecule has 1 N–H and O–H groups in total. The predicted molar refractivity (Wildman–Crippen MR) is 119 cm³/mol. The zero-order chi connectivity index (χ0) is 21.1. The van der Waals surface area contributed by atoms with Crippen LogP contribution >= 0.6 is 0 Å². The number of methoxy groups -OCH3 is 1. The fourth-order valence-corrected chi connectivity index (χ4v) is 6.09. The van der Waals surface area contributed by atoms with E-state index in [1.807, 2.05) is 43.3 Å². The maximum atomic E-state index is 13.0. The topological polar surface area (TPSA) is 74.8 Å². The second-order valence-electron chi connectivity index (χ2n) is 8.09. The number of aromatic nitrogens is 1. The summed E-state index contributed by atoms with van der Waals surface area (Å²) in [5, 5.41) is 3.43. The molecule has 0 unspecified atom stereocenters. The molecule has 2 aliphatic rings. The lowest BCUT2D eigenvalue weighted by Gasteiger charge is -2.34. The zero-order valence-electron chi connectivity index (χ0n) is 17.7. The molecule has 0 saturated carbocycles. The molecular formula is C22H30N4O3S. The highest BCUT2D eigenvalue weighted by atomic mass is 32.2. The van der Waals surface area contributed by atoms with Gasteiger partial charge in [0, 0.05) is 60.9 Å². The molecule has 4 rings (SSSR count). The average Bonchev–Trinajstić information content (AvgIpc) is 3.29. The Kier molecular flexibility index (Phi) is 6.26. The first-order valence-electron chi connectivity index (χ1n) is 10.6. The van der Waals surface area contributed by atoms with Crippen LogP contribution in [0.4, 0.5) is 11.4 Å². The first-order chi connectivity index (χ1) is 14.5. The van der Waals surface area contributed by atoms with Gasteiger partial charge in [-0.25, -0.2) is 0 Å². The van der Waals surface area contributed by atoms with Crippen molar-refractivity contribution in [3.05, 3.63) is 47.8 Å². The minimum Gasteiger partial charge on any atom is -0.497 e. The van der Waals surface area contributed by atoms with Gasteiger partial charge < -0.3 is 10.1 Å². The molecule has 8 heteroatoms. The van der Waals surface area contributed by atoms with Crippen LogP contribution in [0.1, 0.15) is 43.0 Å². The van der Waals surface area contributed by atoms with Crippen LogP contribution in [0.5, 0.6) is 5.75 Å². The molecule has 2 aromatic rings. The van der Waals surface area contributed by atoms with E-state index in [1.165, 1.54) is 0 Å². The molecule has 1 aromatic carbocycles. The number of hydrogen-bond donors (Lipinski definition) is 1. The Morgan fingerprint density at radius 2 is 1.80 bits per heavy atom. The van der Waals surface area contributed by atoms with Gasteiger partial charge in [-0.1, -0.05) is 6.07 Å². The van der Waals surface area contributed by atoms with Crippen LogP contribution in [0.15, 0.2) is 36.4 Å². The van der Waals surface area contributed by atoms with Crippen LogP contribution in [0.25, 0.3) is 0 Å². The average molecular weight is 431 g/mol. The van der Waals surface area contributed by atoms with Crippen molar-refractivity contribution in [1.29, 1.82) is 0 Å². The molecule has 0 amide bonds. The van der Waals surface area contributed by atoms with E-state index < -0.39 is 10.2 Å². The second-order valence-corrected chi connectivity index (χ2v) is 10.0. The Morgan fingerprint density at radius 3 is 2.57 bits per heavy atom. The summed E-state index contributed by atoms with van der Waals surface area (Å²) in [6.45, 7) is 4.34. The first kappa shape index (κ1) is 21.1. The summed E-state index contributed by atoms with van der Waals surface area (Å²) in [4.78, 5) is 4.75. The zero-order valence-corrected chi connectivity index (χ0v) is 18.5. The van der Waals surface area contributed by atoms with Crippen LogP contribution in [-0.2, 0) is 10.2 Å². The molecule has 7 nitrogen and oxygen atoms in total. The molecular weight excluding hydrogens is 400 g/mol. The Labute approximate surface area is 179 Å². The number of ether oxygens (including phenoxy) is 1. The van der Waals surface area contributed by atoms with Crippen molar-refractivity contribution in [1.82, 2.24) is 13.6 Å². The number of anilines is 2. The Bertz CT molecular complexity index is 990. The van der Waals surface area contributed by atoms with Gasteiger partial charge in [0.25, 0.3) is 10.2 Å². The van der Waals surface area contributed by atoms with E-state index in [0.717, 1.165) is 54.2 Å². The molecule has 2 saturated heterocycles. The van der Waals surface area contributed by atoms with E-state index in [2.05, 4.69) is 5.32 Å². The molecule has 1 atom stereocenters. The molecule has 2 aliphatic heterocycles. The summed E-state index contributed by atoms with van der Waals surface area (Å²) >= 11 is 0. The Morgan fingerprint density at radius 1 is 1.03 bits per heavy atom. The minimum atomic E-state index is -3.37. The smallest absolute Gasteiger partial charge is 0.281 e. The molecule has 3 heterocycles. The fraction of sp³-hybridized carbons (Fsp3) is 0.500. The number of pyridine rings is 1. The van der Waals surface area contributed by atoms with Gasteiger partial charge in [0.05, 0.1) is 7.11 Å². The monoisotopic (exact) mass is 430 g/mol. The summed E-state index contributed by atoms with van der Waals surface area (Å²) in [6.07, 6.45) is 3.71. The molecule has 2 fully saturated rings. The maximum absolute atomic E-state index is 13.0. The molecule has 0 bridgehead atoms. The van der Waals surface area contributed by atoms with E-state index in [9.17, 15) is 8.42 Å². The van der Waals surface area contributed by atoms with E-state index in [4.69, 9.17) is 9.72 Å². The number of rotatable bonds is 6. The summed E-state index contributed by atoms with van der Waals surface area (Å²) in [5.74, 6) is 0.892. The van der Waals surface area contributed by atoms with E-state index in [0.29, 0.717) is 26.2 Å². The third-order valence-corrected chi connectivity index (χ3v) is 7.85. The standard InChI is InChI=1S/C22H30N4O3S/c1-17-13-20(24-19-8-5-9-21(14-19)29-2)15-22(23-17)18-7-6-12-26(16-18)30(27,28)25-10-3-4-11-25/h5,8-9,13-15,18H,3-4,6-7,10-12,16H2,1-2H3,(H,23,24)/t18-/m0/s1. The van der Waals surface area contributed by atoms with Crippen LogP contribution in [0.3, 0.4) is 0 Å². The number of nitrogens with zero attached hydrogens (tertiary/aromatic N) is 3. The van der Waals surface area contributed by atoms with Crippen molar-refractivity contribution < 1.29 is 13.2 Å². The molecule has 0 spiro atoms. The highest BCUT2D eigenvalue weighted by Gasteiger charge is 2.35. The van der Waals surface area contributed by atoms with Crippen LogP contribution in [0, 0.1) is 6.92 Å². The number of benzene rings is 1. The highest BCUT2D eigenvalue weighted by Crippen LogP contribution is 2.31. The Balaban J connectivity index is 1.53. The SMILES string of the molecule is COc1cccc(Nc2cc(C)nc([C@H]3CCCN(S(=O)(=O)N4CCCC4)C3)c2)c1. The summed E-state index contributed by atoms with van der Waals surface area (Å²) in [6, 6.07) is 11.8. The van der Waals surface area contributed by atoms with Crippen LogP contribution in [-0.4, -0.2) is 55.3 Å². The number of hydrogen-bond acceptors (Lipinski definition) is 5. The number of nitrogens with one attached hydrogen (secondary N) is 1. The van der Waals surface area contributed by atoms with Gasteiger partial charge in [-0.05, 0) is 56.9 Å². The molecule has 0 aliphatic carbocycles. The van der Waals surface area contributed by atoms with E-state index in [1.54, 1.807) is 15.7 Å². The fourth-order valence-electron chi connectivity index (χ4n) is 4.32. The van der Waals surface area contributed by atoms with Crippen molar-refractivity contribution in [3.8, 4) is 5.75 Å². The van der Waals surface area contributed by atoms with E-state index in [-0.39, 0.29) is 5.92 Å². The minimum absolute atomic E-state index is 0.0990. The lowest BCUT2D eigenvalue weighted by atomic mass is 9.95. The molecule has 0 radical (unpaired) electrons. The van der Waals surface area contributed by atoms with Gasteiger partial charge in [0.2, 0.25) is 0 Å². The molecule has 162 valence electrons. The van der Waals surface area contributed by atoms with Gasteiger partial charge in [-0.15, -0.1) is 0 Å². The summed E-state index contributed by atoms with van der Waals surface area (Å²) in [7, 11) is -1.72. The van der Waals surface area contributed by atoms with Crippen molar-refractivity contribution in [2.45, 2.75) is 38.5 Å². The van der Waals surface area contributed by atoms with Gasteiger partial charge >= 0.3 is 0 Å². The normalized spacial score (nSPS) is 20.9. The predicted octanol–water partition coefficient (Wildman–Crippen LogP) is 3.66. The number of aryl methyl sites for hydroxylation is 1. The van der Waals surface area contributed by atoms with Crippen molar-refractivity contribution in [2.24, 2.45) is 0 Å². The van der Waals surface area contributed by atoms with Crippen molar-refractivity contribution >= 4 is 21.6 Å². The van der Waals surface area contributed by atoms with Gasteiger partial charge in [0.1, 0.15) is 5.75 Å². The lowest BCUT2D eigenvalue weighted by Crippen LogP contribution is -2.46. The third-order valence-electron chi connectivity index (χ3n) is 5.85. The van der Waals surface area contributed by atoms with Crippen molar-refractivity contribution in [2.75, 3.05) is 38.6 Å². The van der Waals surface area contributed by atoms with E-state index >= 15 is 0 Å². The van der Waals surface area contributed by atoms with Crippen LogP contribution in [0.2, 0.25) is 0 Å². The first-order valence-corrected chi connectivity index (χ1v) is 12.0. The Hall–Kier alpha value is -2.16. The highest BCUT2D eigenvalue weighted by molar-refractivity contribution is 7.86. The number of piperidine rings is 1. The quantitative estimate of drug-likeness (QED) is 0.757. The second kappa shape index (κ2) is 8.91. The maximum Gasteiger partial charge on any atom is 0.281 e. The van der Waals surface area contributed by atoms with Gasteiger partial charge in [-0.2, -0.15) is 17.0 Å². The van der Waals surface area contributed by atoms with Crippen LogP contribution < -0.4 is 10.1 Å². The largest absolute Gasteiger partial charge is 0.497 e. The molecule has 1 aromatic heterocycles. The van der Waals surface area contributed by atoms with Gasteiger partial charge in [-0.3, -0.25) is 4.98 Å². The lowest BCUT2D eigenvalue weighted by molar-refractivity contribution is 0.290. The third kappa shape index (κ3) is 4.61. The summed E-state index contributed by atoms with van der Waals surface area (Å²) in [5.41, 5.74) is 3.75. The van der Waals surface area contributed by atoms with Crippen molar-refractivity contribution in [3.63, 3.8) is 0 Å². The molecule has 30 heavy (non-hydrogen) atoms.